The van der Waals surface area contributed by atoms with E-state index in [-0.39, 0.29) is 23.8 Å². The first-order chi connectivity index (χ1) is 12.3. The largest absolute Gasteiger partial charge is 0.444 e. The molecule has 1 N–H and O–H groups in total. The molecule has 0 saturated carbocycles. The number of rotatable bonds is 4. The van der Waals surface area contributed by atoms with E-state index < -0.39 is 5.60 Å². The van der Waals surface area contributed by atoms with Crippen molar-refractivity contribution in [3.8, 4) is 0 Å². The molecule has 26 heavy (non-hydrogen) atoms. The quantitative estimate of drug-likeness (QED) is 0.640. The van der Waals surface area contributed by atoms with Crippen molar-refractivity contribution < 1.29 is 14.3 Å². The first-order valence-corrected chi connectivity index (χ1v) is 9.63. The zero-order valence-electron chi connectivity index (χ0n) is 15.5. The molecule has 0 aliphatic carbocycles. The highest BCUT2D eigenvalue weighted by molar-refractivity contribution is 6.30. The molecule has 142 valence electrons. The number of nitrogens with one attached hydrogen (secondary N) is 1. The van der Waals surface area contributed by atoms with E-state index in [0.29, 0.717) is 17.6 Å². The number of alkyl carbamates (subject to hydrolysis) is 1. The average Bonchev–Trinajstić information content (AvgIpc) is 2.83. The van der Waals surface area contributed by atoms with Crippen LogP contribution in [0.2, 0.25) is 0 Å². The zero-order chi connectivity index (χ0) is 18.9. The summed E-state index contributed by atoms with van der Waals surface area (Å²) in [6.07, 6.45) is 5.17. The number of alkyl halides is 1. The van der Waals surface area contributed by atoms with Crippen molar-refractivity contribution in [2.24, 2.45) is 0 Å². The summed E-state index contributed by atoms with van der Waals surface area (Å²) >= 11 is 5.60. The van der Waals surface area contributed by atoms with Gasteiger partial charge >= 0.3 is 6.09 Å². The number of carbonyl (C=O) groups is 2. The topological polar surface area (TPSA) is 71.5 Å². The number of amides is 1. The Kier molecular flexibility index (Phi) is 5.42. The summed E-state index contributed by atoms with van der Waals surface area (Å²) in [6, 6.07) is 4.49. The number of ketones is 1. The molecule has 2 aliphatic heterocycles. The van der Waals surface area contributed by atoms with E-state index in [1.165, 1.54) is 0 Å². The van der Waals surface area contributed by atoms with Gasteiger partial charge in [0.25, 0.3) is 0 Å². The molecule has 2 bridgehead atoms. The number of hydrogen-bond acceptors (Lipinski definition) is 5. The van der Waals surface area contributed by atoms with Crippen LogP contribution in [0.5, 0.6) is 0 Å². The second kappa shape index (κ2) is 7.43. The van der Waals surface area contributed by atoms with E-state index >= 15 is 0 Å². The van der Waals surface area contributed by atoms with Crippen molar-refractivity contribution in [1.82, 2.24) is 10.3 Å². The lowest BCUT2D eigenvalue weighted by atomic mass is 9.97. The van der Waals surface area contributed by atoms with Crippen LogP contribution >= 0.6 is 11.6 Å². The van der Waals surface area contributed by atoms with Crippen molar-refractivity contribution in [1.29, 1.82) is 0 Å². The SMILES string of the molecule is CC(C)(C)OC(=O)NC1CC2CCC(C1)N2c1ccc(C(=O)CCl)cn1. The molecule has 2 fully saturated rings. The molecule has 1 amide bonds. The maximum absolute atomic E-state index is 12.0. The van der Waals surface area contributed by atoms with Crippen LogP contribution in [0.1, 0.15) is 56.8 Å². The molecule has 0 spiro atoms. The van der Waals surface area contributed by atoms with E-state index in [2.05, 4.69) is 15.2 Å². The van der Waals surface area contributed by atoms with Gasteiger partial charge in [-0.05, 0) is 58.6 Å². The van der Waals surface area contributed by atoms with Gasteiger partial charge in [-0.25, -0.2) is 9.78 Å². The van der Waals surface area contributed by atoms with Gasteiger partial charge in [0.05, 0.1) is 5.88 Å². The van der Waals surface area contributed by atoms with Gasteiger partial charge in [0.15, 0.2) is 5.78 Å². The van der Waals surface area contributed by atoms with E-state index in [9.17, 15) is 9.59 Å². The molecule has 0 aromatic carbocycles. The lowest BCUT2D eigenvalue weighted by molar-refractivity contribution is 0.0492. The van der Waals surface area contributed by atoms with Crippen LogP contribution in [0.25, 0.3) is 0 Å². The minimum Gasteiger partial charge on any atom is -0.444 e. The summed E-state index contributed by atoms with van der Waals surface area (Å²) in [5.41, 5.74) is 0.0492. The Labute approximate surface area is 159 Å². The summed E-state index contributed by atoms with van der Waals surface area (Å²) in [4.78, 5) is 30.5. The highest BCUT2D eigenvalue weighted by atomic mass is 35.5. The monoisotopic (exact) mass is 379 g/mol. The molecule has 0 radical (unpaired) electrons. The average molecular weight is 380 g/mol. The smallest absolute Gasteiger partial charge is 0.407 e. The number of fused-ring (bicyclic) bond motifs is 2. The lowest BCUT2D eigenvalue weighted by Gasteiger charge is -2.40. The molecule has 6 nitrogen and oxygen atoms in total. The molecule has 2 saturated heterocycles. The van der Waals surface area contributed by atoms with Crippen molar-refractivity contribution in [3.63, 3.8) is 0 Å². The second-order valence-corrected chi connectivity index (χ2v) is 8.34. The molecule has 2 unspecified atom stereocenters. The Hall–Kier alpha value is -1.82. The van der Waals surface area contributed by atoms with Crippen LogP contribution in [0, 0.1) is 0 Å². The standard InChI is InChI=1S/C19H26ClN3O3/c1-19(2,3)26-18(25)22-13-8-14-5-6-15(9-13)23(14)17-7-4-12(11-21-17)16(24)10-20/h4,7,11,13-15H,5-6,8-10H2,1-3H3,(H,22,25). The van der Waals surface area contributed by atoms with E-state index in [0.717, 1.165) is 31.5 Å². The Morgan fingerprint density at radius 2 is 1.92 bits per heavy atom. The molecular weight excluding hydrogens is 354 g/mol. The van der Waals surface area contributed by atoms with Crippen molar-refractivity contribution in [2.75, 3.05) is 10.8 Å². The Morgan fingerprint density at radius 3 is 2.42 bits per heavy atom. The zero-order valence-corrected chi connectivity index (χ0v) is 16.3. The number of anilines is 1. The summed E-state index contributed by atoms with van der Waals surface area (Å²) in [7, 11) is 0. The van der Waals surface area contributed by atoms with Crippen LogP contribution < -0.4 is 10.2 Å². The Bertz CT molecular complexity index is 658. The summed E-state index contributed by atoms with van der Waals surface area (Å²) in [5, 5.41) is 3.01. The van der Waals surface area contributed by atoms with Crippen molar-refractivity contribution in [2.45, 2.75) is 70.2 Å². The number of Topliss-reactive ketones (excluding diaryl/α,β-unsaturated/α-hetero) is 1. The van der Waals surface area contributed by atoms with Gasteiger partial charge in [-0.1, -0.05) is 0 Å². The van der Waals surface area contributed by atoms with Gasteiger partial charge in [0.1, 0.15) is 11.4 Å². The fourth-order valence-electron chi connectivity index (χ4n) is 3.92. The van der Waals surface area contributed by atoms with Crippen LogP contribution in [0.15, 0.2) is 18.3 Å². The summed E-state index contributed by atoms with van der Waals surface area (Å²) in [6.45, 7) is 5.59. The number of piperidine rings is 1. The third-order valence-corrected chi connectivity index (χ3v) is 5.15. The molecule has 3 heterocycles. The Balaban J connectivity index is 1.64. The van der Waals surface area contributed by atoms with E-state index in [1.807, 2.05) is 26.8 Å². The number of pyridine rings is 1. The van der Waals surface area contributed by atoms with Crippen LogP contribution in [0.4, 0.5) is 10.6 Å². The first kappa shape index (κ1) is 19.0. The minimum absolute atomic E-state index is 0.0337. The second-order valence-electron chi connectivity index (χ2n) is 8.07. The van der Waals surface area contributed by atoms with E-state index in [4.69, 9.17) is 16.3 Å². The molecule has 1 aromatic rings. The van der Waals surface area contributed by atoms with Crippen LogP contribution in [-0.4, -0.2) is 46.5 Å². The normalized spacial score (nSPS) is 25.1. The molecule has 2 atom stereocenters. The van der Waals surface area contributed by atoms with E-state index in [1.54, 1.807) is 12.3 Å². The number of halogens is 1. The third kappa shape index (κ3) is 4.29. The predicted molar refractivity (Wildman–Crippen MR) is 101 cm³/mol. The van der Waals surface area contributed by atoms with Gasteiger partial charge in [0.2, 0.25) is 0 Å². The number of ether oxygens (including phenoxy) is 1. The number of carbonyl (C=O) groups excluding carboxylic acids is 2. The maximum atomic E-state index is 12.0. The number of aromatic nitrogens is 1. The third-order valence-electron chi connectivity index (χ3n) is 4.91. The van der Waals surface area contributed by atoms with Crippen molar-refractivity contribution >= 4 is 29.3 Å². The number of hydrogen-bond donors (Lipinski definition) is 1. The van der Waals surface area contributed by atoms with Gasteiger partial charge in [0, 0.05) is 29.9 Å². The van der Waals surface area contributed by atoms with Gasteiger partial charge in [-0.15, -0.1) is 11.6 Å². The first-order valence-electron chi connectivity index (χ1n) is 9.10. The lowest BCUT2D eigenvalue weighted by Crippen LogP contribution is -2.51. The van der Waals surface area contributed by atoms with Gasteiger partial charge < -0.3 is 15.0 Å². The minimum atomic E-state index is -0.490. The highest BCUT2D eigenvalue weighted by Crippen LogP contribution is 2.38. The Morgan fingerprint density at radius 1 is 1.27 bits per heavy atom. The van der Waals surface area contributed by atoms with Gasteiger partial charge in [-0.2, -0.15) is 0 Å². The molecule has 2 aliphatic rings. The maximum Gasteiger partial charge on any atom is 0.407 e. The fraction of sp³-hybridized carbons (Fsp3) is 0.632. The summed E-state index contributed by atoms with van der Waals surface area (Å²) in [5.74, 6) is 0.738. The van der Waals surface area contributed by atoms with Crippen LogP contribution in [-0.2, 0) is 4.74 Å². The highest BCUT2D eigenvalue weighted by Gasteiger charge is 2.42. The van der Waals surface area contributed by atoms with Crippen molar-refractivity contribution in [3.05, 3.63) is 23.9 Å². The molecule has 1 aromatic heterocycles. The molecule has 3 rings (SSSR count). The molecule has 7 heteroatoms. The fourth-order valence-corrected chi connectivity index (χ4v) is 4.08. The number of nitrogens with zero attached hydrogens (tertiary/aromatic N) is 2. The summed E-state index contributed by atoms with van der Waals surface area (Å²) < 4.78 is 5.37. The molecular formula is C19H26ClN3O3. The predicted octanol–water partition coefficient (Wildman–Crippen LogP) is 3.53. The van der Waals surface area contributed by atoms with Crippen LogP contribution in [0.3, 0.4) is 0 Å². The van der Waals surface area contributed by atoms with Gasteiger partial charge in [-0.3, -0.25) is 4.79 Å².